The van der Waals surface area contributed by atoms with Gasteiger partial charge in [0.05, 0.1) is 13.0 Å². The molecular formula is C13H18FNO2. The van der Waals surface area contributed by atoms with Crippen molar-refractivity contribution >= 4 is 5.97 Å². The quantitative estimate of drug-likeness (QED) is 0.820. The molecule has 1 aromatic rings. The Labute approximate surface area is 101 Å². The highest BCUT2D eigenvalue weighted by Crippen LogP contribution is 2.27. The minimum Gasteiger partial charge on any atom is -0.469 e. The van der Waals surface area contributed by atoms with E-state index in [0.29, 0.717) is 5.56 Å². The van der Waals surface area contributed by atoms with Crippen LogP contribution in [0, 0.1) is 17.7 Å². The third-order valence-electron chi connectivity index (χ3n) is 2.81. The van der Waals surface area contributed by atoms with Gasteiger partial charge in [-0.05, 0) is 23.6 Å². The van der Waals surface area contributed by atoms with Crippen molar-refractivity contribution in [3.05, 3.63) is 35.6 Å². The highest BCUT2D eigenvalue weighted by atomic mass is 19.1. The number of esters is 1. The van der Waals surface area contributed by atoms with Crippen LogP contribution in [0.1, 0.15) is 25.5 Å². The zero-order valence-corrected chi connectivity index (χ0v) is 10.3. The Hall–Kier alpha value is -1.42. The molecule has 0 aliphatic heterocycles. The van der Waals surface area contributed by atoms with Gasteiger partial charge in [0.2, 0.25) is 0 Å². The van der Waals surface area contributed by atoms with Crippen LogP contribution in [0.15, 0.2) is 24.3 Å². The maximum atomic E-state index is 13.1. The summed E-state index contributed by atoms with van der Waals surface area (Å²) in [6.07, 6.45) is 0. The molecule has 0 saturated heterocycles. The number of benzene rings is 1. The molecule has 94 valence electrons. The predicted octanol–water partition coefficient (Wildman–Crippen LogP) is 2.27. The van der Waals surface area contributed by atoms with E-state index in [-0.39, 0.29) is 17.7 Å². The monoisotopic (exact) mass is 239 g/mol. The molecule has 3 nitrogen and oxygen atoms in total. The van der Waals surface area contributed by atoms with E-state index in [2.05, 4.69) is 0 Å². The fraction of sp³-hybridized carbons (Fsp3) is 0.462. The smallest absolute Gasteiger partial charge is 0.310 e. The number of carbonyl (C=O) groups excluding carboxylic acids is 1. The van der Waals surface area contributed by atoms with Crippen molar-refractivity contribution in [3.8, 4) is 0 Å². The normalized spacial score (nSPS) is 14.5. The number of halogens is 1. The lowest BCUT2D eigenvalue weighted by Gasteiger charge is -2.25. The molecule has 17 heavy (non-hydrogen) atoms. The third-order valence-corrected chi connectivity index (χ3v) is 2.81. The van der Waals surface area contributed by atoms with Gasteiger partial charge in [-0.25, -0.2) is 4.39 Å². The van der Waals surface area contributed by atoms with Gasteiger partial charge < -0.3 is 10.5 Å². The molecule has 0 aliphatic carbocycles. The van der Waals surface area contributed by atoms with Gasteiger partial charge in [0, 0.05) is 6.04 Å². The summed E-state index contributed by atoms with van der Waals surface area (Å²) in [6, 6.07) is 5.44. The first-order valence-electron chi connectivity index (χ1n) is 5.56. The van der Waals surface area contributed by atoms with E-state index in [1.165, 1.54) is 19.2 Å². The summed E-state index contributed by atoms with van der Waals surface area (Å²) in [5, 5.41) is 0. The first-order valence-corrected chi connectivity index (χ1v) is 5.56. The molecule has 0 heterocycles. The van der Waals surface area contributed by atoms with Gasteiger partial charge >= 0.3 is 5.97 Å². The van der Waals surface area contributed by atoms with Crippen LogP contribution in [0.25, 0.3) is 0 Å². The third kappa shape index (κ3) is 3.27. The summed E-state index contributed by atoms with van der Waals surface area (Å²) in [5.74, 6) is -1.16. The van der Waals surface area contributed by atoms with Crippen molar-refractivity contribution in [3.63, 3.8) is 0 Å². The number of hydrogen-bond donors (Lipinski definition) is 1. The first-order chi connectivity index (χ1) is 7.97. The summed E-state index contributed by atoms with van der Waals surface area (Å²) in [4.78, 5) is 11.7. The van der Waals surface area contributed by atoms with Crippen LogP contribution < -0.4 is 5.73 Å². The Morgan fingerprint density at radius 1 is 1.41 bits per heavy atom. The van der Waals surface area contributed by atoms with Gasteiger partial charge in [-0.15, -0.1) is 0 Å². The summed E-state index contributed by atoms with van der Waals surface area (Å²) < 4.78 is 17.8. The van der Waals surface area contributed by atoms with E-state index in [1.807, 2.05) is 13.8 Å². The molecule has 0 amide bonds. The lowest BCUT2D eigenvalue weighted by Crippen LogP contribution is -2.33. The van der Waals surface area contributed by atoms with Crippen molar-refractivity contribution in [1.82, 2.24) is 0 Å². The zero-order valence-electron chi connectivity index (χ0n) is 10.3. The van der Waals surface area contributed by atoms with E-state index >= 15 is 0 Å². The molecular weight excluding hydrogens is 221 g/mol. The van der Waals surface area contributed by atoms with Gasteiger partial charge in [0.15, 0.2) is 0 Å². The maximum Gasteiger partial charge on any atom is 0.310 e. The van der Waals surface area contributed by atoms with Gasteiger partial charge in [-0.1, -0.05) is 26.0 Å². The molecule has 2 N–H and O–H groups in total. The number of ether oxygens (including phenoxy) is 1. The fourth-order valence-corrected chi connectivity index (χ4v) is 1.89. The molecule has 0 saturated carbocycles. The van der Waals surface area contributed by atoms with Gasteiger partial charge in [-0.3, -0.25) is 4.79 Å². The predicted molar refractivity (Wildman–Crippen MR) is 63.7 cm³/mol. The molecule has 0 radical (unpaired) electrons. The molecule has 2 unspecified atom stereocenters. The largest absolute Gasteiger partial charge is 0.469 e. The fourth-order valence-electron chi connectivity index (χ4n) is 1.89. The van der Waals surface area contributed by atoms with Crippen LogP contribution in [-0.4, -0.2) is 13.1 Å². The van der Waals surface area contributed by atoms with E-state index in [4.69, 9.17) is 10.5 Å². The number of methoxy groups -OCH3 is 1. The Morgan fingerprint density at radius 3 is 2.53 bits per heavy atom. The van der Waals surface area contributed by atoms with Crippen molar-refractivity contribution in [2.45, 2.75) is 19.9 Å². The van der Waals surface area contributed by atoms with Crippen LogP contribution in [0.4, 0.5) is 4.39 Å². The van der Waals surface area contributed by atoms with Crippen LogP contribution in [0.5, 0.6) is 0 Å². The maximum absolute atomic E-state index is 13.1. The van der Waals surface area contributed by atoms with Gasteiger partial charge in [-0.2, -0.15) is 0 Å². The second-order valence-corrected chi connectivity index (χ2v) is 4.37. The Morgan fingerprint density at radius 2 is 2.06 bits per heavy atom. The Kier molecular flexibility index (Phi) is 4.63. The molecule has 1 rings (SSSR count). The second kappa shape index (κ2) is 5.77. The molecule has 0 aromatic heterocycles. The SMILES string of the molecule is COC(=O)C(C(C)C)C(N)c1cccc(F)c1. The van der Waals surface area contributed by atoms with Crippen LogP contribution in [0.2, 0.25) is 0 Å². The standard InChI is InChI=1S/C13H18FNO2/c1-8(2)11(13(16)17-3)12(15)9-5-4-6-10(14)7-9/h4-8,11-12H,15H2,1-3H3. The van der Waals surface area contributed by atoms with E-state index in [0.717, 1.165) is 0 Å². The minimum atomic E-state index is -0.557. The molecule has 2 atom stereocenters. The number of rotatable bonds is 4. The minimum absolute atomic E-state index is 0.0284. The molecule has 0 spiro atoms. The molecule has 0 bridgehead atoms. The van der Waals surface area contributed by atoms with Crippen LogP contribution in [0.3, 0.4) is 0 Å². The summed E-state index contributed by atoms with van der Waals surface area (Å²) in [6.45, 7) is 3.78. The molecule has 0 aliphatic rings. The van der Waals surface area contributed by atoms with Crippen molar-refractivity contribution < 1.29 is 13.9 Å². The van der Waals surface area contributed by atoms with Crippen molar-refractivity contribution in [2.24, 2.45) is 17.6 Å². The summed E-state index contributed by atoms with van der Waals surface area (Å²) >= 11 is 0. The van der Waals surface area contributed by atoms with E-state index < -0.39 is 12.0 Å². The molecule has 1 aromatic carbocycles. The number of hydrogen-bond acceptors (Lipinski definition) is 3. The van der Waals surface area contributed by atoms with Crippen molar-refractivity contribution in [1.29, 1.82) is 0 Å². The molecule has 0 fully saturated rings. The zero-order chi connectivity index (χ0) is 13.0. The summed E-state index contributed by atoms with van der Waals surface area (Å²) in [5.41, 5.74) is 6.62. The average molecular weight is 239 g/mol. The molecule has 4 heteroatoms. The topological polar surface area (TPSA) is 52.3 Å². The van der Waals surface area contributed by atoms with Gasteiger partial charge in [0.25, 0.3) is 0 Å². The van der Waals surface area contributed by atoms with E-state index in [1.54, 1.807) is 12.1 Å². The Balaban J connectivity index is 2.99. The number of carbonyl (C=O) groups is 1. The number of nitrogens with two attached hydrogens (primary N) is 1. The summed E-state index contributed by atoms with van der Waals surface area (Å²) in [7, 11) is 1.33. The highest BCUT2D eigenvalue weighted by molar-refractivity contribution is 5.73. The van der Waals surface area contributed by atoms with Crippen LogP contribution in [-0.2, 0) is 9.53 Å². The second-order valence-electron chi connectivity index (χ2n) is 4.37. The lowest BCUT2D eigenvalue weighted by molar-refractivity contribution is -0.147. The highest BCUT2D eigenvalue weighted by Gasteiger charge is 2.30. The Bertz CT molecular complexity index is 393. The van der Waals surface area contributed by atoms with E-state index in [9.17, 15) is 9.18 Å². The average Bonchev–Trinajstić information content (AvgIpc) is 2.28. The first kappa shape index (κ1) is 13.6. The lowest BCUT2D eigenvalue weighted by atomic mass is 9.85. The van der Waals surface area contributed by atoms with Gasteiger partial charge in [0.1, 0.15) is 5.82 Å². The van der Waals surface area contributed by atoms with Crippen LogP contribution >= 0.6 is 0 Å². The van der Waals surface area contributed by atoms with Crippen molar-refractivity contribution in [2.75, 3.05) is 7.11 Å².